The van der Waals surface area contributed by atoms with Crippen molar-refractivity contribution in [3.63, 3.8) is 0 Å². The molecule has 120 valence electrons. The van der Waals surface area contributed by atoms with E-state index in [4.69, 9.17) is 28.9 Å². The van der Waals surface area contributed by atoms with Gasteiger partial charge in [-0.15, -0.1) is 0 Å². The van der Waals surface area contributed by atoms with Gasteiger partial charge in [0.05, 0.1) is 6.54 Å². The first-order valence-electron chi connectivity index (χ1n) is 6.47. The molecule has 0 atom stereocenters. The van der Waals surface area contributed by atoms with Crippen LogP contribution >= 0.6 is 36.0 Å². The number of urea groups is 1. The summed E-state index contributed by atoms with van der Waals surface area (Å²) in [5, 5.41) is 3.48. The number of benzene rings is 2. The topological polar surface area (TPSA) is 75.4 Å². The van der Waals surface area contributed by atoms with Gasteiger partial charge in [0.1, 0.15) is 0 Å². The fourth-order valence-corrected chi connectivity index (χ4v) is 2.57. The van der Waals surface area contributed by atoms with Crippen LogP contribution in [0.4, 0.5) is 10.5 Å². The lowest BCUT2D eigenvalue weighted by molar-refractivity contribution is 0.1000. The number of halogens is 2. The number of primary amides is 1. The zero-order valence-corrected chi connectivity index (χ0v) is 14.2. The van der Waals surface area contributed by atoms with E-state index in [-0.39, 0.29) is 6.54 Å². The summed E-state index contributed by atoms with van der Waals surface area (Å²) in [5.74, 6) is -0.505. The summed E-state index contributed by atoms with van der Waals surface area (Å²) < 4.78 is 1.19. The van der Waals surface area contributed by atoms with E-state index in [1.807, 2.05) is 0 Å². The molecule has 0 heterocycles. The monoisotopic (exact) mass is 369 g/mol. The zero-order valence-electron chi connectivity index (χ0n) is 11.8. The van der Waals surface area contributed by atoms with Gasteiger partial charge in [-0.05, 0) is 35.9 Å². The molecule has 2 aromatic carbocycles. The number of thiol groups is 1. The molecule has 5 nitrogen and oxygen atoms in total. The molecule has 0 bridgehead atoms. The predicted molar refractivity (Wildman–Crippen MR) is 95.0 cm³/mol. The second-order valence-corrected chi connectivity index (χ2v) is 6.06. The molecular weight excluding hydrogens is 357 g/mol. The highest BCUT2D eigenvalue weighted by molar-refractivity contribution is 7.78. The summed E-state index contributed by atoms with van der Waals surface area (Å²) in [7, 11) is 0. The maximum Gasteiger partial charge on any atom is 0.331 e. The molecule has 2 rings (SSSR count). The number of amides is 3. The molecule has 0 spiro atoms. The average molecular weight is 370 g/mol. The van der Waals surface area contributed by atoms with E-state index in [2.05, 4.69) is 18.1 Å². The van der Waals surface area contributed by atoms with E-state index in [1.165, 1.54) is 4.31 Å². The van der Waals surface area contributed by atoms with Crippen molar-refractivity contribution >= 4 is 53.6 Å². The second-order valence-electron chi connectivity index (χ2n) is 4.71. The molecule has 0 fully saturated rings. The fourth-order valence-electron chi connectivity index (χ4n) is 1.83. The van der Waals surface area contributed by atoms with Gasteiger partial charge in [-0.1, -0.05) is 48.1 Å². The van der Waals surface area contributed by atoms with Gasteiger partial charge in [0, 0.05) is 21.3 Å². The number of carbonyl (C=O) groups is 2. The Balaban J connectivity index is 2.00. The number of nitrogens with zero attached hydrogens (tertiary/aromatic N) is 1. The lowest BCUT2D eigenvalue weighted by Crippen LogP contribution is -2.26. The Kier molecular flexibility index (Phi) is 5.76. The third-order valence-corrected chi connectivity index (χ3v) is 3.68. The number of nitrogens with one attached hydrogen (secondary N) is 1. The van der Waals surface area contributed by atoms with E-state index < -0.39 is 11.9 Å². The zero-order chi connectivity index (χ0) is 17.0. The second kappa shape index (κ2) is 7.59. The lowest BCUT2D eigenvalue weighted by Gasteiger charge is -2.17. The molecule has 0 saturated heterocycles. The Morgan fingerprint density at radius 1 is 1.09 bits per heavy atom. The summed E-state index contributed by atoms with van der Waals surface area (Å²) in [5.41, 5.74) is 6.84. The van der Waals surface area contributed by atoms with Gasteiger partial charge in [-0.25, -0.2) is 4.79 Å². The third-order valence-electron chi connectivity index (χ3n) is 2.92. The van der Waals surface area contributed by atoms with Crippen molar-refractivity contribution in [1.29, 1.82) is 0 Å². The molecule has 3 amide bonds. The SMILES string of the molecule is NC(=O)c1ccc(CN(S)C(=O)Nc2cc(Cl)cc(Cl)c2)cc1. The minimum absolute atomic E-state index is 0.238. The normalized spacial score (nSPS) is 10.2. The van der Waals surface area contributed by atoms with Crippen LogP contribution in [0.1, 0.15) is 15.9 Å². The first kappa shape index (κ1) is 17.5. The van der Waals surface area contributed by atoms with Crippen LogP contribution in [0.3, 0.4) is 0 Å². The van der Waals surface area contributed by atoms with Gasteiger partial charge in [0.25, 0.3) is 0 Å². The molecule has 0 aliphatic carbocycles. The van der Waals surface area contributed by atoms with Crippen LogP contribution in [0.2, 0.25) is 10.0 Å². The summed E-state index contributed by atoms with van der Waals surface area (Å²) in [6.45, 7) is 0.238. The van der Waals surface area contributed by atoms with Crippen LogP contribution in [0.25, 0.3) is 0 Å². The first-order valence-corrected chi connectivity index (χ1v) is 7.63. The Hall–Kier alpha value is -1.89. The van der Waals surface area contributed by atoms with Gasteiger partial charge in [0.2, 0.25) is 5.91 Å². The van der Waals surface area contributed by atoms with Crippen LogP contribution in [-0.2, 0) is 6.54 Å². The summed E-state index contributed by atoms with van der Waals surface area (Å²) in [6, 6.07) is 10.9. The first-order chi connectivity index (χ1) is 10.8. The van der Waals surface area contributed by atoms with Crippen molar-refractivity contribution in [1.82, 2.24) is 4.31 Å². The smallest absolute Gasteiger partial charge is 0.331 e. The van der Waals surface area contributed by atoms with E-state index >= 15 is 0 Å². The Bertz CT molecular complexity index is 718. The number of hydrogen-bond acceptors (Lipinski definition) is 3. The van der Waals surface area contributed by atoms with Crippen molar-refractivity contribution in [2.45, 2.75) is 6.54 Å². The van der Waals surface area contributed by atoms with Crippen LogP contribution in [0, 0.1) is 0 Å². The van der Waals surface area contributed by atoms with Gasteiger partial charge < -0.3 is 11.1 Å². The Labute approximate surface area is 148 Å². The van der Waals surface area contributed by atoms with Crippen molar-refractivity contribution in [3.8, 4) is 0 Å². The minimum Gasteiger partial charge on any atom is -0.366 e. The Morgan fingerprint density at radius 3 is 2.17 bits per heavy atom. The molecule has 0 unspecified atom stereocenters. The molecule has 0 aliphatic heterocycles. The molecule has 0 saturated carbocycles. The van der Waals surface area contributed by atoms with E-state index in [0.29, 0.717) is 21.3 Å². The maximum absolute atomic E-state index is 12.1. The highest BCUT2D eigenvalue weighted by Gasteiger charge is 2.12. The van der Waals surface area contributed by atoms with Crippen LogP contribution < -0.4 is 11.1 Å². The highest BCUT2D eigenvalue weighted by Crippen LogP contribution is 2.23. The highest BCUT2D eigenvalue weighted by atomic mass is 35.5. The van der Waals surface area contributed by atoms with Crippen molar-refractivity contribution < 1.29 is 9.59 Å². The molecule has 0 aliphatic rings. The summed E-state index contributed by atoms with van der Waals surface area (Å²) >= 11 is 15.9. The van der Waals surface area contributed by atoms with Crippen molar-refractivity contribution in [2.24, 2.45) is 5.73 Å². The lowest BCUT2D eigenvalue weighted by atomic mass is 10.1. The summed E-state index contributed by atoms with van der Waals surface area (Å²) in [4.78, 5) is 23.1. The van der Waals surface area contributed by atoms with Crippen LogP contribution in [-0.4, -0.2) is 16.2 Å². The molecule has 3 N–H and O–H groups in total. The van der Waals surface area contributed by atoms with E-state index in [1.54, 1.807) is 42.5 Å². The van der Waals surface area contributed by atoms with Crippen molar-refractivity contribution in [3.05, 3.63) is 63.6 Å². The number of rotatable bonds is 4. The predicted octanol–water partition coefficient (Wildman–Crippen LogP) is 3.97. The van der Waals surface area contributed by atoms with Crippen molar-refractivity contribution in [2.75, 3.05) is 5.32 Å². The number of anilines is 1. The number of nitrogens with two attached hydrogens (primary N) is 1. The standard InChI is InChI=1S/C15H13Cl2N3O2S/c16-11-5-12(17)7-13(6-11)19-15(22)20(23)8-9-1-3-10(4-2-9)14(18)21/h1-7,23H,8H2,(H2,18,21)(H,19,22). The quantitative estimate of drug-likeness (QED) is 0.713. The molecule has 0 aromatic heterocycles. The van der Waals surface area contributed by atoms with Gasteiger partial charge in [0.15, 0.2) is 0 Å². The molecule has 8 heteroatoms. The molecule has 0 radical (unpaired) electrons. The third kappa shape index (κ3) is 5.06. The number of carbonyl (C=O) groups excluding carboxylic acids is 2. The van der Waals surface area contributed by atoms with Crippen LogP contribution in [0.5, 0.6) is 0 Å². The average Bonchev–Trinajstić information content (AvgIpc) is 2.46. The Morgan fingerprint density at radius 2 is 1.65 bits per heavy atom. The van der Waals surface area contributed by atoms with Gasteiger partial charge in [-0.3, -0.25) is 9.10 Å². The fraction of sp³-hybridized carbons (Fsp3) is 0.0667. The largest absolute Gasteiger partial charge is 0.366 e. The van der Waals surface area contributed by atoms with Gasteiger partial charge in [-0.2, -0.15) is 0 Å². The van der Waals surface area contributed by atoms with E-state index in [0.717, 1.165) is 5.56 Å². The molecular formula is C15H13Cl2N3O2S. The van der Waals surface area contributed by atoms with Gasteiger partial charge >= 0.3 is 6.03 Å². The molecule has 23 heavy (non-hydrogen) atoms. The molecule has 2 aromatic rings. The number of hydrogen-bond donors (Lipinski definition) is 3. The minimum atomic E-state index is -0.505. The summed E-state index contributed by atoms with van der Waals surface area (Å²) in [6.07, 6.45) is 0. The maximum atomic E-state index is 12.1. The van der Waals surface area contributed by atoms with Crippen LogP contribution in [0.15, 0.2) is 42.5 Å². The van der Waals surface area contributed by atoms with E-state index in [9.17, 15) is 9.59 Å².